The molecule has 23 heavy (non-hydrogen) atoms. The molecule has 2 aromatic rings. The van der Waals surface area contributed by atoms with E-state index in [9.17, 15) is 9.59 Å². The van der Waals surface area contributed by atoms with Gasteiger partial charge in [-0.15, -0.1) is 0 Å². The summed E-state index contributed by atoms with van der Waals surface area (Å²) in [6.45, 7) is 0.697. The van der Waals surface area contributed by atoms with Gasteiger partial charge >= 0.3 is 0 Å². The van der Waals surface area contributed by atoms with Gasteiger partial charge in [0.2, 0.25) is 5.91 Å². The van der Waals surface area contributed by atoms with Gasteiger partial charge in [0, 0.05) is 22.3 Å². The summed E-state index contributed by atoms with van der Waals surface area (Å²) in [6.07, 6.45) is 1.94. The Kier molecular flexibility index (Phi) is 4.76. The van der Waals surface area contributed by atoms with Crippen LogP contribution in [0.3, 0.4) is 0 Å². The molecule has 1 aliphatic rings. The number of fused-ring (bicyclic) bond motifs is 1. The largest absolute Gasteiger partial charge is 0.343 e. The summed E-state index contributed by atoms with van der Waals surface area (Å²) >= 11 is 3.34. The fraction of sp³-hybridized carbons (Fsp3) is 0.222. The van der Waals surface area contributed by atoms with Crippen LogP contribution in [-0.4, -0.2) is 24.9 Å². The predicted molar refractivity (Wildman–Crippen MR) is 93.6 cm³/mol. The fourth-order valence-corrected chi connectivity index (χ4v) is 3.18. The Balaban J connectivity index is 1.65. The average molecular weight is 373 g/mol. The van der Waals surface area contributed by atoms with Gasteiger partial charge in [0.1, 0.15) is 0 Å². The molecule has 1 N–H and O–H groups in total. The van der Waals surface area contributed by atoms with Crippen molar-refractivity contribution in [2.45, 2.75) is 12.8 Å². The third-order valence-corrected chi connectivity index (χ3v) is 4.39. The van der Waals surface area contributed by atoms with Crippen LogP contribution in [0, 0.1) is 0 Å². The smallest absolute Gasteiger partial charge is 0.251 e. The van der Waals surface area contributed by atoms with Crippen molar-refractivity contribution in [1.82, 2.24) is 5.32 Å². The van der Waals surface area contributed by atoms with Gasteiger partial charge in [-0.25, -0.2) is 0 Å². The summed E-state index contributed by atoms with van der Waals surface area (Å²) < 4.78 is 0.835. The fourth-order valence-electron chi connectivity index (χ4n) is 2.78. The maximum atomic E-state index is 12.5. The zero-order valence-electron chi connectivity index (χ0n) is 12.6. The molecule has 4 nitrogen and oxygen atoms in total. The first-order valence-corrected chi connectivity index (χ1v) is 8.36. The predicted octanol–water partition coefficient (Wildman–Crippen LogP) is 3.16. The van der Waals surface area contributed by atoms with E-state index in [4.69, 9.17) is 0 Å². The monoisotopic (exact) mass is 372 g/mol. The van der Waals surface area contributed by atoms with Crippen LogP contribution in [0.2, 0.25) is 0 Å². The second kappa shape index (κ2) is 6.96. The third-order valence-electron chi connectivity index (χ3n) is 3.90. The summed E-state index contributed by atoms with van der Waals surface area (Å²) in [5.74, 6) is -0.328. The molecule has 0 aliphatic carbocycles. The van der Waals surface area contributed by atoms with E-state index in [1.54, 1.807) is 23.1 Å². The van der Waals surface area contributed by atoms with Gasteiger partial charge in [-0.3, -0.25) is 9.59 Å². The van der Waals surface area contributed by atoms with Crippen LogP contribution in [0.4, 0.5) is 5.69 Å². The van der Waals surface area contributed by atoms with Crippen LogP contribution in [0.25, 0.3) is 0 Å². The van der Waals surface area contributed by atoms with Gasteiger partial charge in [0.15, 0.2) is 0 Å². The van der Waals surface area contributed by atoms with Crippen molar-refractivity contribution in [3.05, 3.63) is 64.1 Å². The van der Waals surface area contributed by atoms with E-state index in [0.29, 0.717) is 12.1 Å². The first-order valence-electron chi connectivity index (χ1n) is 7.57. The number of hydrogen-bond acceptors (Lipinski definition) is 2. The molecule has 2 aromatic carbocycles. The molecule has 1 aliphatic heterocycles. The van der Waals surface area contributed by atoms with E-state index in [-0.39, 0.29) is 18.4 Å². The number of nitrogens with one attached hydrogen (secondary N) is 1. The van der Waals surface area contributed by atoms with Crippen LogP contribution >= 0.6 is 15.9 Å². The maximum Gasteiger partial charge on any atom is 0.251 e. The molecule has 0 spiro atoms. The molecular formula is C18H17BrN2O2. The lowest BCUT2D eigenvalue weighted by Crippen LogP contribution is -2.42. The Labute approximate surface area is 143 Å². The highest BCUT2D eigenvalue weighted by molar-refractivity contribution is 9.10. The molecule has 0 saturated carbocycles. The summed E-state index contributed by atoms with van der Waals surface area (Å²) in [5.41, 5.74) is 2.68. The second-order valence-electron chi connectivity index (χ2n) is 5.47. The summed E-state index contributed by atoms with van der Waals surface area (Å²) in [7, 11) is 0. The molecule has 118 valence electrons. The van der Waals surface area contributed by atoms with Crippen molar-refractivity contribution in [2.24, 2.45) is 0 Å². The summed E-state index contributed by atoms with van der Waals surface area (Å²) in [6, 6.07) is 15.0. The molecule has 1 heterocycles. The lowest BCUT2D eigenvalue weighted by Gasteiger charge is -2.29. The lowest BCUT2D eigenvalue weighted by molar-refractivity contribution is -0.117. The van der Waals surface area contributed by atoms with Crippen molar-refractivity contribution in [1.29, 1.82) is 0 Å². The molecule has 0 atom stereocenters. The van der Waals surface area contributed by atoms with E-state index in [0.717, 1.165) is 23.0 Å². The van der Waals surface area contributed by atoms with Crippen LogP contribution in [0.1, 0.15) is 22.3 Å². The van der Waals surface area contributed by atoms with Crippen molar-refractivity contribution in [3.8, 4) is 0 Å². The molecule has 0 unspecified atom stereocenters. The van der Waals surface area contributed by atoms with E-state index in [1.807, 2.05) is 24.3 Å². The minimum atomic E-state index is -0.245. The van der Waals surface area contributed by atoms with Crippen molar-refractivity contribution in [3.63, 3.8) is 0 Å². The number of anilines is 1. The SMILES string of the molecule is O=C(NCC(=O)N1CCCc2ccccc21)c1cccc(Br)c1. The molecule has 3 rings (SSSR count). The van der Waals surface area contributed by atoms with E-state index >= 15 is 0 Å². The van der Waals surface area contributed by atoms with Crippen molar-refractivity contribution in [2.75, 3.05) is 18.0 Å². The van der Waals surface area contributed by atoms with Gasteiger partial charge in [-0.2, -0.15) is 0 Å². The van der Waals surface area contributed by atoms with Gasteiger partial charge in [0.05, 0.1) is 6.54 Å². The zero-order valence-corrected chi connectivity index (χ0v) is 14.2. The van der Waals surface area contributed by atoms with Crippen LogP contribution in [0.15, 0.2) is 53.0 Å². The highest BCUT2D eigenvalue weighted by atomic mass is 79.9. The molecule has 2 amide bonds. The lowest BCUT2D eigenvalue weighted by atomic mass is 10.0. The Morgan fingerprint density at radius 2 is 1.96 bits per heavy atom. The number of benzene rings is 2. The Morgan fingerprint density at radius 3 is 2.78 bits per heavy atom. The Hall–Kier alpha value is -2.14. The molecule has 0 radical (unpaired) electrons. The maximum absolute atomic E-state index is 12.5. The van der Waals surface area contributed by atoms with Crippen molar-refractivity contribution < 1.29 is 9.59 Å². The number of rotatable bonds is 3. The second-order valence-corrected chi connectivity index (χ2v) is 6.39. The van der Waals surface area contributed by atoms with Crippen LogP contribution in [0.5, 0.6) is 0 Å². The summed E-state index contributed by atoms with van der Waals surface area (Å²) in [4.78, 5) is 26.4. The molecular weight excluding hydrogens is 356 g/mol. The standard InChI is InChI=1S/C18H17BrN2O2/c19-15-8-3-6-14(11-15)18(23)20-12-17(22)21-10-4-7-13-5-1-2-9-16(13)21/h1-3,5-6,8-9,11H,4,7,10,12H2,(H,20,23). The molecule has 0 saturated heterocycles. The highest BCUT2D eigenvalue weighted by Crippen LogP contribution is 2.26. The zero-order chi connectivity index (χ0) is 16.2. The number of nitrogens with zero attached hydrogens (tertiary/aromatic N) is 1. The summed E-state index contributed by atoms with van der Waals surface area (Å²) in [5, 5.41) is 2.70. The van der Waals surface area contributed by atoms with Gasteiger partial charge < -0.3 is 10.2 Å². The molecule has 0 fully saturated rings. The number of carbonyl (C=O) groups is 2. The Morgan fingerprint density at radius 1 is 1.13 bits per heavy atom. The normalized spacial score (nSPS) is 13.3. The first-order chi connectivity index (χ1) is 11.1. The third kappa shape index (κ3) is 3.62. The quantitative estimate of drug-likeness (QED) is 0.899. The minimum absolute atomic E-state index is 0.000317. The first kappa shape index (κ1) is 15.7. The minimum Gasteiger partial charge on any atom is -0.343 e. The van der Waals surface area contributed by atoms with Gasteiger partial charge in [0.25, 0.3) is 5.91 Å². The van der Waals surface area contributed by atoms with E-state index < -0.39 is 0 Å². The molecule has 5 heteroatoms. The van der Waals surface area contributed by atoms with Gasteiger partial charge in [-0.05, 0) is 42.7 Å². The number of para-hydroxylation sites is 1. The van der Waals surface area contributed by atoms with Crippen LogP contribution in [-0.2, 0) is 11.2 Å². The highest BCUT2D eigenvalue weighted by Gasteiger charge is 2.22. The van der Waals surface area contributed by atoms with E-state index in [2.05, 4.69) is 27.3 Å². The number of carbonyl (C=O) groups excluding carboxylic acids is 2. The number of aryl methyl sites for hydroxylation is 1. The van der Waals surface area contributed by atoms with Crippen molar-refractivity contribution >= 4 is 33.4 Å². The van der Waals surface area contributed by atoms with E-state index in [1.165, 1.54) is 5.56 Å². The molecule has 0 aromatic heterocycles. The van der Waals surface area contributed by atoms with Crippen LogP contribution < -0.4 is 10.2 Å². The number of halogens is 1. The number of amides is 2. The Bertz CT molecular complexity index is 745. The van der Waals surface area contributed by atoms with Gasteiger partial charge in [-0.1, -0.05) is 40.2 Å². The topological polar surface area (TPSA) is 49.4 Å². The average Bonchev–Trinajstić information content (AvgIpc) is 2.59. The molecule has 0 bridgehead atoms. The number of hydrogen-bond donors (Lipinski definition) is 1.